The molecule has 0 atom stereocenters. The average molecular weight is 307 g/mol. The fourth-order valence-corrected chi connectivity index (χ4v) is 2.71. The van der Waals surface area contributed by atoms with Gasteiger partial charge in [0.05, 0.1) is 0 Å². The van der Waals surface area contributed by atoms with E-state index in [0.717, 1.165) is 12.8 Å². The highest BCUT2D eigenvalue weighted by molar-refractivity contribution is 7.09. The Bertz CT molecular complexity index is 603. The van der Waals surface area contributed by atoms with Crippen LogP contribution in [0.4, 0.5) is 0 Å². The van der Waals surface area contributed by atoms with E-state index in [4.69, 9.17) is 9.52 Å². The van der Waals surface area contributed by atoms with Crippen molar-refractivity contribution in [2.24, 2.45) is 0 Å². The first kappa shape index (κ1) is 15.3. The van der Waals surface area contributed by atoms with Gasteiger partial charge in [0.25, 0.3) is 5.91 Å². The predicted molar refractivity (Wildman–Crippen MR) is 79.9 cm³/mol. The fraction of sp³-hybridized carbons (Fsp3) is 0.333. The zero-order valence-corrected chi connectivity index (χ0v) is 12.6. The zero-order valence-electron chi connectivity index (χ0n) is 11.7. The quantitative estimate of drug-likeness (QED) is 0.853. The van der Waals surface area contributed by atoms with Gasteiger partial charge in [-0.25, -0.2) is 4.79 Å². The number of rotatable bonds is 7. The molecular formula is C15H17NO4S. The Labute approximate surface area is 126 Å². The third kappa shape index (κ3) is 3.95. The molecule has 0 fully saturated rings. The Hall–Kier alpha value is -2.08. The number of furan rings is 1. The monoisotopic (exact) mass is 307 g/mol. The first-order valence-electron chi connectivity index (χ1n) is 6.76. The molecule has 0 aromatic carbocycles. The Morgan fingerprint density at radius 3 is 2.57 bits per heavy atom. The number of carboxylic acid groups (broad SMARTS) is 1. The van der Waals surface area contributed by atoms with E-state index < -0.39 is 5.97 Å². The molecule has 6 heteroatoms. The molecule has 0 aliphatic carbocycles. The summed E-state index contributed by atoms with van der Waals surface area (Å²) < 4.78 is 5.08. The van der Waals surface area contributed by atoms with Crippen LogP contribution in [0.1, 0.15) is 39.3 Å². The van der Waals surface area contributed by atoms with Gasteiger partial charge in [-0.2, -0.15) is 0 Å². The smallest absolute Gasteiger partial charge is 0.371 e. The molecule has 1 N–H and O–H groups in total. The third-order valence-corrected chi connectivity index (χ3v) is 3.95. The van der Waals surface area contributed by atoms with Crippen molar-refractivity contribution in [2.45, 2.75) is 19.8 Å². The summed E-state index contributed by atoms with van der Waals surface area (Å²) in [5.74, 6) is -1.57. The Morgan fingerprint density at radius 1 is 1.24 bits per heavy atom. The lowest BCUT2D eigenvalue weighted by Gasteiger charge is -2.20. The molecule has 2 heterocycles. The molecule has 0 bridgehead atoms. The van der Waals surface area contributed by atoms with Crippen molar-refractivity contribution in [3.05, 3.63) is 46.0 Å². The first-order chi connectivity index (χ1) is 10.1. The number of carboxylic acids is 1. The summed E-state index contributed by atoms with van der Waals surface area (Å²) in [7, 11) is 0. The van der Waals surface area contributed by atoms with E-state index in [1.807, 2.05) is 24.4 Å². The number of nitrogens with zero attached hydrogens (tertiary/aromatic N) is 1. The van der Waals surface area contributed by atoms with Crippen molar-refractivity contribution in [3.8, 4) is 0 Å². The number of thiophene rings is 1. The van der Waals surface area contributed by atoms with Gasteiger partial charge >= 0.3 is 5.97 Å². The third-order valence-electron chi connectivity index (χ3n) is 3.02. The normalized spacial score (nSPS) is 10.5. The second kappa shape index (κ2) is 7.08. The van der Waals surface area contributed by atoms with Gasteiger partial charge in [-0.15, -0.1) is 11.3 Å². The number of hydrogen-bond acceptors (Lipinski definition) is 4. The van der Waals surface area contributed by atoms with Gasteiger partial charge in [-0.1, -0.05) is 13.0 Å². The van der Waals surface area contributed by atoms with Gasteiger partial charge in [0.1, 0.15) is 0 Å². The van der Waals surface area contributed by atoms with Gasteiger partial charge in [0.2, 0.25) is 5.76 Å². The highest BCUT2D eigenvalue weighted by Crippen LogP contribution is 2.14. The number of amides is 1. The molecule has 112 valence electrons. The van der Waals surface area contributed by atoms with Gasteiger partial charge in [0, 0.05) is 18.0 Å². The largest absolute Gasteiger partial charge is 0.475 e. The van der Waals surface area contributed by atoms with Gasteiger partial charge in [-0.05, 0) is 36.4 Å². The molecule has 21 heavy (non-hydrogen) atoms. The topological polar surface area (TPSA) is 70.8 Å². The highest BCUT2D eigenvalue weighted by Gasteiger charge is 2.20. The maximum Gasteiger partial charge on any atom is 0.371 e. The van der Waals surface area contributed by atoms with Crippen LogP contribution < -0.4 is 0 Å². The van der Waals surface area contributed by atoms with Gasteiger partial charge in [0.15, 0.2) is 5.76 Å². The zero-order chi connectivity index (χ0) is 15.2. The van der Waals surface area contributed by atoms with Crippen LogP contribution in [0.15, 0.2) is 34.1 Å². The molecule has 0 aliphatic heterocycles. The molecule has 0 saturated carbocycles. The summed E-state index contributed by atoms with van der Waals surface area (Å²) in [6.45, 7) is 3.21. The molecule has 0 aliphatic rings. The van der Waals surface area contributed by atoms with Crippen molar-refractivity contribution in [1.82, 2.24) is 4.90 Å². The number of aromatic carboxylic acids is 1. The fourth-order valence-electron chi connectivity index (χ4n) is 2.01. The lowest BCUT2D eigenvalue weighted by atomic mass is 10.2. The number of carbonyl (C=O) groups is 2. The van der Waals surface area contributed by atoms with Crippen molar-refractivity contribution in [1.29, 1.82) is 0 Å². The Morgan fingerprint density at radius 2 is 2.00 bits per heavy atom. The molecule has 0 unspecified atom stereocenters. The predicted octanol–water partition coefficient (Wildman–Crippen LogP) is 3.13. The van der Waals surface area contributed by atoms with Crippen molar-refractivity contribution in [3.63, 3.8) is 0 Å². The van der Waals surface area contributed by atoms with Crippen LogP contribution in [0.5, 0.6) is 0 Å². The van der Waals surface area contributed by atoms with Crippen molar-refractivity contribution < 1.29 is 19.1 Å². The first-order valence-corrected chi connectivity index (χ1v) is 7.64. The average Bonchev–Trinajstić information content (AvgIpc) is 3.13. The van der Waals surface area contributed by atoms with E-state index in [9.17, 15) is 9.59 Å². The molecule has 0 radical (unpaired) electrons. The van der Waals surface area contributed by atoms with E-state index in [2.05, 4.69) is 0 Å². The molecule has 2 aromatic heterocycles. The second-order valence-electron chi connectivity index (χ2n) is 4.59. The van der Waals surface area contributed by atoms with Gasteiger partial charge in [-0.3, -0.25) is 4.79 Å². The summed E-state index contributed by atoms with van der Waals surface area (Å²) in [6, 6.07) is 6.74. The molecule has 0 spiro atoms. The van der Waals surface area contributed by atoms with E-state index in [0.29, 0.717) is 13.1 Å². The van der Waals surface area contributed by atoms with Crippen LogP contribution in [0.3, 0.4) is 0 Å². The Balaban J connectivity index is 2.05. The Kier molecular flexibility index (Phi) is 5.16. The molecule has 2 rings (SSSR count). The highest BCUT2D eigenvalue weighted by atomic mass is 32.1. The molecule has 0 saturated heterocycles. The van der Waals surface area contributed by atoms with E-state index in [1.165, 1.54) is 17.0 Å². The SMILES string of the molecule is CCCN(CCc1cccs1)C(=O)c1ccc(C(=O)O)o1. The van der Waals surface area contributed by atoms with E-state index in [-0.39, 0.29) is 17.4 Å². The van der Waals surface area contributed by atoms with Crippen LogP contribution >= 0.6 is 11.3 Å². The van der Waals surface area contributed by atoms with Crippen LogP contribution in [-0.4, -0.2) is 35.0 Å². The summed E-state index contributed by atoms with van der Waals surface area (Å²) >= 11 is 1.66. The minimum absolute atomic E-state index is 0.0760. The number of hydrogen-bond donors (Lipinski definition) is 1. The lowest BCUT2D eigenvalue weighted by molar-refractivity contribution is 0.0650. The summed E-state index contributed by atoms with van der Waals surface area (Å²) in [5, 5.41) is 10.8. The van der Waals surface area contributed by atoms with Crippen LogP contribution in [0.25, 0.3) is 0 Å². The maximum atomic E-state index is 12.4. The molecule has 1 amide bonds. The number of carbonyl (C=O) groups excluding carboxylic acids is 1. The summed E-state index contributed by atoms with van der Waals surface area (Å²) in [4.78, 5) is 26.1. The summed E-state index contributed by atoms with van der Waals surface area (Å²) in [5.41, 5.74) is 0. The minimum Gasteiger partial charge on any atom is -0.475 e. The molecule has 2 aromatic rings. The van der Waals surface area contributed by atoms with E-state index in [1.54, 1.807) is 16.2 Å². The maximum absolute atomic E-state index is 12.4. The van der Waals surface area contributed by atoms with Crippen molar-refractivity contribution >= 4 is 23.2 Å². The van der Waals surface area contributed by atoms with Crippen LogP contribution in [-0.2, 0) is 6.42 Å². The molecular weight excluding hydrogens is 290 g/mol. The van der Waals surface area contributed by atoms with Crippen molar-refractivity contribution in [2.75, 3.05) is 13.1 Å². The van der Waals surface area contributed by atoms with Crippen LogP contribution in [0, 0.1) is 0 Å². The van der Waals surface area contributed by atoms with Gasteiger partial charge < -0.3 is 14.4 Å². The second-order valence-corrected chi connectivity index (χ2v) is 5.62. The van der Waals surface area contributed by atoms with E-state index >= 15 is 0 Å². The lowest BCUT2D eigenvalue weighted by Crippen LogP contribution is -2.33. The standard InChI is InChI=1S/C15H17NO4S/c1-2-8-16(9-7-11-4-3-10-21-11)14(17)12-5-6-13(20-12)15(18)19/h3-6,10H,2,7-9H2,1H3,(H,18,19). The minimum atomic E-state index is -1.17. The van der Waals surface area contributed by atoms with Crippen LogP contribution in [0.2, 0.25) is 0 Å². The molecule has 5 nitrogen and oxygen atoms in total. The summed E-state index contributed by atoms with van der Waals surface area (Å²) in [6.07, 6.45) is 1.62.